The molecule has 10 heteroatoms. The van der Waals surface area contributed by atoms with Crippen molar-refractivity contribution in [3.05, 3.63) is 59.7 Å². The van der Waals surface area contributed by atoms with Crippen molar-refractivity contribution in [3.8, 4) is 0 Å². The number of nitrogens with one attached hydrogen (secondary N) is 2. The van der Waals surface area contributed by atoms with Gasteiger partial charge in [0, 0.05) is 38.4 Å². The summed E-state index contributed by atoms with van der Waals surface area (Å²) in [4.78, 5) is 26.4. The number of anilines is 1. The maximum Gasteiger partial charge on any atom is 0.259 e. The van der Waals surface area contributed by atoms with Gasteiger partial charge in [-0.15, -0.1) is 0 Å². The van der Waals surface area contributed by atoms with Crippen molar-refractivity contribution in [2.45, 2.75) is 18.7 Å². The molecule has 0 heterocycles. The summed E-state index contributed by atoms with van der Waals surface area (Å²) < 4.78 is 25.2. The highest BCUT2D eigenvalue weighted by atomic mass is 32.2. The third-order valence-electron chi connectivity index (χ3n) is 4.73. The minimum atomic E-state index is -3.57. The summed E-state index contributed by atoms with van der Waals surface area (Å²) in [6.45, 7) is 5.76. The molecule has 0 saturated carbocycles. The molecule has 2 rings (SSSR count). The zero-order valence-electron chi connectivity index (χ0n) is 18.7. The highest BCUT2D eigenvalue weighted by Crippen LogP contribution is 2.15. The number of hydrogen-bond donors (Lipinski definition) is 2. The minimum absolute atomic E-state index is 0.0799. The normalized spacial score (nSPS) is 11.5. The predicted octanol–water partition coefficient (Wildman–Crippen LogP) is 1.66. The van der Waals surface area contributed by atoms with Gasteiger partial charge in [0.1, 0.15) is 0 Å². The Hall–Kier alpha value is -3.24. The molecule has 172 valence electrons. The fourth-order valence-electron chi connectivity index (χ4n) is 2.83. The van der Waals surface area contributed by atoms with E-state index in [4.69, 9.17) is 0 Å². The van der Waals surface area contributed by atoms with Gasteiger partial charge in [-0.3, -0.25) is 9.59 Å². The standard InChI is InChI=1S/C22H29N5O4S/c1-5-27(6-2)19-11-7-17(8-12-19)15-24-25-21(28)16-23-22(29)18-9-13-20(14-10-18)32(30,31)26(3)4/h7-15H,5-6,16H2,1-4H3,(H,23,29)(H,25,28)/b24-15+. The zero-order valence-corrected chi connectivity index (χ0v) is 19.5. The molecule has 32 heavy (non-hydrogen) atoms. The van der Waals surface area contributed by atoms with Gasteiger partial charge in [0.2, 0.25) is 10.0 Å². The highest BCUT2D eigenvalue weighted by molar-refractivity contribution is 7.89. The summed E-state index contributed by atoms with van der Waals surface area (Å²) in [5, 5.41) is 6.37. The first kappa shape index (κ1) is 25.0. The smallest absolute Gasteiger partial charge is 0.259 e. The molecule has 0 aliphatic rings. The number of amides is 2. The number of rotatable bonds is 10. The van der Waals surface area contributed by atoms with Crippen molar-refractivity contribution in [2.75, 3.05) is 38.6 Å². The Labute approximate surface area is 189 Å². The molecule has 2 N–H and O–H groups in total. The van der Waals surface area contributed by atoms with Crippen LogP contribution >= 0.6 is 0 Å². The van der Waals surface area contributed by atoms with Crippen LogP contribution in [0.2, 0.25) is 0 Å². The Morgan fingerprint density at radius 2 is 1.56 bits per heavy atom. The highest BCUT2D eigenvalue weighted by Gasteiger charge is 2.17. The van der Waals surface area contributed by atoms with E-state index in [1.165, 1.54) is 44.6 Å². The van der Waals surface area contributed by atoms with Crippen LogP contribution < -0.4 is 15.6 Å². The molecule has 2 aromatic rings. The maximum absolute atomic E-state index is 12.2. The lowest BCUT2D eigenvalue weighted by atomic mass is 10.2. The first-order valence-corrected chi connectivity index (χ1v) is 11.6. The molecule has 0 aromatic heterocycles. The van der Waals surface area contributed by atoms with Crippen LogP contribution in [-0.4, -0.2) is 64.5 Å². The van der Waals surface area contributed by atoms with Crippen LogP contribution in [0, 0.1) is 0 Å². The van der Waals surface area contributed by atoms with Crippen LogP contribution in [-0.2, 0) is 14.8 Å². The van der Waals surface area contributed by atoms with Gasteiger partial charge < -0.3 is 10.2 Å². The second kappa shape index (κ2) is 11.4. The van der Waals surface area contributed by atoms with Crippen LogP contribution in [0.1, 0.15) is 29.8 Å². The molecule has 0 fully saturated rings. The van der Waals surface area contributed by atoms with Gasteiger partial charge in [-0.05, 0) is 55.8 Å². The molecule has 2 aromatic carbocycles. The first-order chi connectivity index (χ1) is 15.2. The lowest BCUT2D eigenvalue weighted by molar-refractivity contribution is -0.120. The summed E-state index contributed by atoms with van der Waals surface area (Å²) in [7, 11) is -0.711. The third-order valence-corrected chi connectivity index (χ3v) is 6.56. The fraction of sp³-hybridized carbons (Fsp3) is 0.318. The zero-order chi connectivity index (χ0) is 23.7. The van der Waals surface area contributed by atoms with E-state index in [0.29, 0.717) is 0 Å². The fourth-order valence-corrected chi connectivity index (χ4v) is 3.73. The minimum Gasteiger partial charge on any atom is -0.372 e. The van der Waals surface area contributed by atoms with E-state index < -0.39 is 21.8 Å². The first-order valence-electron chi connectivity index (χ1n) is 10.2. The second-order valence-corrected chi connectivity index (χ2v) is 9.20. The number of benzene rings is 2. The Morgan fingerprint density at radius 3 is 2.09 bits per heavy atom. The summed E-state index contributed by atoms with van der Waals surface area (Å²) >= 11 is 0. The lowest BCUT2D eigenvalue weighted by Crippen LogP contribution is -2.35. The molecule has 0 aliphatic carbocycles. The van der Waals surface area contributed by atoms with Crippen molar-refractivity contribution >= 4 is 33.7 Å². The molecule has 0 bridgehead atoms. The average Bonchev–Trinajstić information content (AvgIpc) is 2.79. The van der Waals surface area contributed by atoms with Crippen LogP contribution in [0.25, 0.3) is 0 Å². The summed E-state index contributed by atoms with van der Waals surface area (Å²) in [5.74, 6) is -0.980. The van der Waals surface area contributed by atoms with Gasteiger partial charge in [0.15, 0.2) is 0 Å². The molecule has 0 aliphatic heterocycles. The number of nitrogens with zero attached hydrogens (tertiary/aromatic N) is 3. The maximum atomic E-state index is 12.2. The molecule has 0 radical (unpaired) electrons. The molecular weight excluding hydrogens is 430 g/mol. The molecule has 0 unspecified atom stereocenters. The summed E-state index contributed by atoms with van der Waals surface area (Å²) in [6, 6.07) is 13.3. The van der Waals surface area contributed by atoms with Gasteiger partial charge in [-0.2, -0.15) is 5.10 Å². The Kier molecular flexibility index (Phi) is 8.91. The van der Waals surface area contributed by atoms with Crippen molar-refractivity contribution in [1.29, 1.82) is 0 Å². The topological polar surface area (TPSA) is 111 Å². The number of carbonyl (C=O) groups excluding carboxylic acids is 2. The largest absolute Gasteiger partial charge is 0.372 e. The summed E-state index contributed by atoms with van der Waals surface area (Å²) in [5.41, 5.74) is 4.55. The molecule has 9 nitrogen and oxygen atoms in total. The van der Waals surface area contributed by atoms with E-state index in [1.807, 2.05) is 24.3 Å². The number of carbonyl (C=O) groups is 2. The van der Waals surface area contributed by atoms with Crippen LogP contribution in [0.5, 0.6) is 0 Å². The van der Waals surface area contributed by atoms with E-state index in [1.54, 1.807) is 0 Å². The van der Waals surface area contributed by atoms with Crippen molar-refractivity contribution in [2.24, 2.45) is 5.10 Å². The molecular formula is C22H29N5O4S. The number of sulfonamides is 1. The van der Waals surface area contributed by atoms with E-state index in [-0.39, 0.29) is 17.0 Å². The van der Waals surface area contributed by atoms with Crippen molar-refractivity contribution in [3.63, 3.8) is 0 Å². The quantitative estimate of drug-likeness (QED) is 0.415. The predicted molar refractivity (Wildman–Crippen MR) is 125 cm³/mol. The molecule has 0 saturated heterocycles. The Balaban J connectivity index is 1.84. The van der Waals surface area contributed by atoms with Crippen LogP contribution in [0.15, 0.2) is 58.5 Å². The van der Waals surface area contributed by atoms with Gasteiger partial charge in [0.05, 0.1) is 17.7 Å². The number of hydrazone groups is 1. The number of hydrogen-bond acceptors (Lipinski definition) is 6. The molecule has 2 amide bonds. The average molecular weight is 460 g/mol. The van der Waals surface area contributed by atoms with E-state index in [2.05, 4.69) is 34.6 Å². The molecule has 0 spiro atoms. The Morgan fingerprint density at radius 1 is 0.969 bits per heavy atom. The van der Waals surface area contributed by atoms with E-state index in [0.717, 1.165) is 28.6 Å². The monoisotopic (exact) mass is 459 g/mol. The van der Waals surface area contributed by atoms with E-state index in [9.17, 15) is 18.0 Å². The summed E-state index contributed by atoms with van der Waals surface area (Å²) in [6.07, 6.45) is 1.52. The van der Waals surface area contributed by atoms with E-state index >= 15 is 0 Å². The van der Waals surface area contributed by atoms with Crippen LogP contribution in [0.4, 0.5) is 5.69 Å². The van der Waals surface area contributed by atoms with Gasteiger partial charge >= 0.3 is 0 Å². The van der Waals surface area contributed by atoms with Crippen molar-refractivity contribution in [1.82, 2.24) is 15.0 Å². The van der Waals surface area contributed by atoms with Gasteiger partial charge in [-0.1, -0.05) is 12.1 Å². The van der Waals surface area contributed by atoms with Crippen molar-refractivity contribution < 1.29 is 18.0 Å². The third kappa shape index (κ3) is 6.63. The lowest BCUT2D eigenvalue weighted by Gasteiger charge is -2.20. The SMILES string of the molecule is CCN(CC)c1ccc(/C=N/NC(=O)CNC(=O)c2ccc(S(=O)(=O)N(C)C)cc2)cc1. The van der Waals surface area contributed by atoms with Gasteiger partial charge in [0.25, 0.3) is 11.8 Å². The molecule has 0 atom stereocenters. The second-order valence-electron chi connectivity index (χ2n) is 7.05. The van der Waals surface area contributed by atoms with Crippen LogP contribution in [0.3, 0.4) is 0 Å². The van der Waals surface area contributed by atoms with Gasteiger partial charge in [-0.25, -0.2) is 18.1 Å². The Bertz CT molecular complexity index is 1040.